The van der Waals surface area contributed by atoms with Crippen LogP contribution in [0.2, 0.25) is 0 Å². The normalized spacial score (nSPS) is 15.3. The van der Waals surface area contributed by atoms with Gasteiger partial charge in [0.2, 0.25) is 0 Å². The van der Waals surface area contributed by atoms with Crippen LogP contribution in [0.15, 0.2) is 0 Å². The largest absolute Gasteiger partial charge is 0.461 e. The molecule has 2 unspecified atom stereocenters. The third-order valence-electron chi connectivity index (χ3n) is 1.73. The first-order valence-corrected chi connectivity index (χ1v) is 4.50. The second-order valence-corrected chi connectivity index (χ2v) is 2.96. The molecule has 0 aromatic heterocycles. The molecule has 3 nitrogen and oxygen atoms in total. The summed E-state index contributed by atoms with van der Waals surface area (Å²) in [6.45, 7) is 5.67. The van der Waals surface area contributed by atoms with Crippen LogP contribution in [0.4, 0.5) is 0 Å². The van der Waals surface area contributed by atoms with Gasteiger partial charge in [-0.3, -0.25) is 0 Å². The SMILES string of the molecule is CCCC(O)C(=O)OC(C)CC. The van der Waals surface area contributed by atoms with Gasteiger partial charge in [0.1, 0.15) is 0 Å². The van der Waals surface area contributed by atoms with Gasteiger partial charge in [0.15, 0.2) is 6.10 Å². The lowest BCUT2D eigenvalue weighted by molar-refractivity contribution is -0.158. The van der Waals surface area contributed by atoms with E-state index >= 15 is 0 Å². The van der Waals surface area contributed by atoms with E-state index in [-0.39, 0.29) is 6.10 Å². The Kier molecular flexibility index (Phi) is 5.72. The maximum atomic E-state index is 11.0. The lowest BCUT2D eigenvalue weighted by Gasteiger charge is -2.13. The highest BCUT2D eigenvalue weighted by atomic mass is 16.6. The molecule has 0 radical (unpaired) electrons. The number of hydrogen-bond acceptors (Lipinski definition) is 3. The molecule has 2 atom stereocenters. The van der Waals surface area contributed by atoms with Crippen LogP contribution < -0.4 is 0 Å². The van der Waals surface area contributed by atoms with Crippen molar-refractivity contribution in [2.45, 2.75) is 52.2 Å². The number of hydrogen-bond donors (Lipinski definition) is 1. The Labute approximate surface area is 73.7 Å². The maximum Gasteiger partial charge on any atom is 0.335 e. The van der Waals surface area contributed by atoms with Crippen molar-refractivity contribution in [3.05, 3.63) is 0 Å². The van der Waals surface area contributed by atoms with E-state index in [9.17, 15) is 9.90 Å². The van der Waals surface area contributed by atoms with Crippen LogP contribution in [0.5, 0.6) is 0 Å². The fourth-order valence-electron chi connectivity index (χ4n) is 0.751. The molecule has 0 spiro atoms. The summed E-state index contributed by atoms with van der Waals surface area (Å²) in [5.74, 6) is -0.494. The number of aliphatic hydroxyl groups excluding tert-OH is 1. The topological polar surface area (TPSA) is 46.5 Å². The lowest BCUT2D eigenvalue weighted by atomic mass is 10.2. The van der Waals surface area contributed by atoms with Crippen molar-refractivity contribution in [3.63, 3.8) is 0 Å². The van der Waals surface area contributed by atoms with Crippen LogP contribution in [0.1, 0.15) is 40.0 Å². The summed E-state index contributed by atoms with van der Waals surface area (Å²) in [5, 5.41) is 9.19. The smallest absolute Gasteiger partial charge is 0.335 e. The molecule has 0 amide bonds. The van der Waals surface area contributed by atoms with E-state index in [0.717, 1.165) is 12.8 Å². The second-order valence-electron chi connectivity index (χ2n) is 2.96. The zero-order chi connectivity index (χ0) is 9.56. The van der Waals surface area contributed by atoms with E-state index in [1.165, 1.54) is 0 Å². The minimum atomic E-state index is -0.941. The fourth-order valence-corrected chi connectivity index (χ4v) is 0.751. The first kappa shape index (κ1) is 11.4. The van der Waals surface area contributed by atoms with Crippen LogP contribution in [-0.2, 0) is 9.53 Å². The standard InChI is InChI=1S/C9H18O3/c1-4-6-8(10)9(11)12-7(3)5-2/h7-8,10H,4-6H2,1-3H3. The molecular formula is C9H18O3. The average Bonchev–Trinajstić information content (AvgIpc) is 2.04. The molecule has 0 aliphatic heterocycles. The summed E-state index contributed by atoms with van der Waals surface area (Å²) < 4.78 is 4.92. The summed E-state index contributed by atoms with van der Waals surface area (Å²) in [7, 11) is 0. The highest BCUT2D eigenvalue weighted by molar-refractivity contribution is 5.74. The van der Waals surface area contributed by atoms with Crippen molar-refractivity contribution in [2.24, 2.45) is 0 Å². The van der Waals surface area contributed by atoms with Gasteiger partial charge in [0.25, 0.3) is 0 Å². The Hall–Kier alpha value is -0.570. The van der Waals surface area contributed by atoms with Crippen molar-refractivity contribution in [1.29, 1.82) is 0 Å². The monoisotopic (exact) mass is 174 g/mol. The molecule has 0 aliphatic rings. The third-order valence-corrected chi connectivity index (χ3v) is 1.73. The van der Waals surface area contributed by atoms with Gasteiger partial charge in [-0.1, -0.05) is 20.3 Å². The predicted octanol–water partition coefficient (Wildman–Crippen LogP) is 1.49. The minimum Gasteiger partial charge on any atom is -0.461 e. The second kappa shape index (κ2) is 6.00. The zero-order valence-corrected chi connectivity index (χ0v) is 8.04. The van der Waals surface area contributed by atoms with Crippen molar-refractivity contribution in [1.82, 2.24) is 0 Å². The number of esters is 1. The van der Waals surface area contributed by atoms with E-state index in [1.807, 2.05) is 20.8 Å². The molecule has 12 heavy (non-hydrogen) atoms. The van der Waals surface area contributed by atoms with E-state index < -0.39 is 12.1 Å². The molecule has 0 aromatic carbocycles. The Morgan fingerprint density at radius 2 is 2.08 bits per heavy atom. The number of aliphatic hydroxyl groups is 1. The Bertz CT molecular complexity index is 134. The molecule has 3 heteroatoms. The minimum absolute atomic E-state index is 0.0935. The molecular weight excluding hydrogens is 156 g/mol. The predicted molar refractivity (Wildman–Crippen MR) is 46.8 cm³/mol. The number of rotatable bonds is 5. The first-order valence-electron chi connectivity index (χ1n) is 4.50. The quantitative estimate of drug-likeness (QED) is 0.642. The summed E-state index contributed by atoms with van der Waals surface area (Å²) in [6, 6.07) is 0. The van der Waals surface area contributed by atoms with Crippen molar-refractivity contribution < 1.29 is 14.6 Å². The highest BCUT2D eigenvalue weighted by Crippen LogP contribution is 2.03. The number of carbonyl (C=O) groups is 1. The van der Waals surface area contributed by atoms with Gasteiger partial charge >= 0.3 is 5.97 Å². The summed E-state index contributed by atoms with van der Waals surface area (Å²) in [6.07, 6.45) is 1.02. The zero-order valence-electron chi connectivity index (χ0n) is 8.04. The Morgan fingerprint density at radius 3 is 2.50 bits per heavy atom. The summed E-state index contributed by atoms with van der Waals surface area (Å²) in [4.78, 5) is 11.0. The molecule has 0 rings (SSSR count). The molecule has 0 fully saturated rings. The average molecular weight is 174 g/mol. The molecule has 72 valence electrons. The van der Waals surface area contributed by atoms with Crippen molar-refractivity contribution in [2.75, 3.05) is 0 Å². The highest BCUT2D eigenvalue weighted by Gasteiger charge is 2.16. The molecule has 1 N–H and O–H groups in total. The van der Waals surface area contributed by atoms with Crippen LogP contribution in [0, 0.1) is 0 Å². The number of carbonyl (C=O) groups excluding carboxylic acids is 1. The molecule has 0 saturated heterocycles. The number of ether oxygens (including phenoxy) is 1. The van der Waals surface area contributed by atoms with Crippen molar-refractivity contribution >= 4 is 5.97 Å². The Balaban J connectivity index is 3.70. The van der Waals surface area contributed by atoms with E-state index in [4.69, 9.17) is 4.74 Å². The third kappa shape index (κ3) is 4.34. The first-order chi connectivity index (χ1) is 5.61. The van der Waals surface area contributed by atoms with Gasteiger partial charge in [0, 0.05) is 0 Å². The molecule has 0 aromatic rings. The van der Waals surface area contributed by atoms with Crippen molar-refractivity contribution in [3.8, 4) is 0 Å². The lowest BCUT2D eigenvalue weighted by Crippen LogP contribution is -2.26. The molecule has 0 bridgehead atoms. The van der Waals surface area contributed by atoms with E-state index in [0.29, 0.717) is 6.42 Å². The van der Waals surface area contributed by atoms with Gasteiger partial charge in [-0.15, -0.1) is 0 Å². The molecule has 0 heterocycles. The fraction of sp³-hybridized carbons (Fsp3) is 0.889. The van der Waals surface area contributed by atoms with Gasteiger partial charge < -0.3 is 9.84 Å². The van der Waals surface area contributed by atoms with Crippen LogP contribution >= 0.6 is 0 Å². The summed E-state index contributed by atoms with van der Waals surface area (Å²) >= 11 is 0. The molecule has 0 saturated carbocycles. The van der Waals surface area contributed by atoms with Gasteiger partial charge in [-0.2, -0.15) is 0 Å². The van der Waals surface area contributed by atoms with Gasteiger partial charge in [-0.05, 0) is 19.8 Å². The van der Waals surface area contributed by atoms with E-state index in [2.05, 4.69) is 0 Å². The van der Waals surface area contributed by atoms with Crippen LogP contribution in [-0.4, -0.2) is 23.3 Å². The van der Waals surface area contributed by atoms with Gasteiger partial charge in [-0.25, -0.2) is 4.79 Å². The van der Waals surface area contributed by atoms with Gasteiger partial charge in [0.05, 0.1) is 6.10 Å². The maximum absolute atomic E-state index is 11.0. The summed E-state index contributed by atoms with van der Waals surface area (Å²) in [5.41, 5.74) is 0. The van der Waals surface area contributed by atoms with Crippen LogP contribution in [0.3, 0.4) is 0 Å². The van der Waals surface area contributed by atoms with Crippen LogP contribution in [0.25, 0.3) is 0 Å². The Morgan fingerprint density at radius 1 is 1.50 bits per heavy atom. The van der Waals surface area contributed by atoms with E-state index in [1.54, 1.807) is 0 Å². The molecule has 0 aliphatic carbocycles.